The number of hydrogen-bond donors (Lipinski definition) is 1. The van der Waals surface area contributed by atoms with Crippen molar-refractivity contribution in [1.29, 1.82) is 0 Å². The summed E-state index contributed by atoms with van der Waals surface area (Å²) < 4.78 is 0. The smallest absolute Gasteiger partial charge is 0.0724 e. The molecule has 1 N–H and O–H groups in total. The van der Waals surface area contributed by atoms with Crippen LogP contribution in [0.15, 0.2) is 24.3 Å². The van der Waals surface area contributed by atoms with Gasteiger partial charge in [-0.15, -0.1) is 0 Å². The Morgan fingerprint density at radius 1 is 1.31 bits per heavy atom. The predicted molar refractivity (Wildman–Crippen MR) is 68.1 cm³/mol. The van der Waals surface area contributed by atoms with Crippen LogP contribution in [0.3, 0.4) is 0 Å². The molecule has 0 amide bonds. The van der Waals surface area contributed by atoms with Gasteiger partial charge in [-0.1, -0.05) is 45.1 Å². The Bertz CT molecular complexity index is 326. The third-order valence-electron chi connectivity index (χ3n) is 5.18. The van der Waals surface area contributed by atoms with Crippen LogP contribution in [0.4, 0.5) is 0 Å². The highest BCUT2D eigenvalue weighted by atomic mass is 16.3. The van der Waals surface area contributed by atoms with Crippen LogP contribution in [-0.4, -0.2) is 11.2 Å². The Hall–Kier alpha value is -0.560. The maximum Gasteiger partial charge on any atom is 0.0724 e. The Morgan fingerprint density at radius 2 is 2.00 bits per heavy atom. The molecule has 2 aliphatic rings. The molecule has 16 heavy (non-hydrogen) atoms. The Labute approximate surface area is 99.3 Å². The van der Waals surface area contributed by atoms with Gasteiger partial charge in [0, 0.05) is 0 Å². The summed E-state index contributed by atoms with van der Waals surface area (Å²) in [4.78, 5) is 0. The van der Waals surface area contributed by atoms with Crippen LogP contribution < -0.4 is 0 Å². The van der Waals surface area contributed by atoms with Gasteiger partial charge >= 0.3 is 0 Å². The van der Waals surface area contributed by atoms with Gasteiger partial charge in [0.2, 0.25) is 0 Å². The first-order valence-electron chi connectivity index (χ1n) is 6.42. The van der Waals surface area contributed by atoms with Crippen LogP contribution in [0.5, 0.6) is 0 Å². The molecule has 90 valence electrons. The second-order valence-corrected chi connectivity index (χ2v) is 6.35. The minimum atomic E-state index is -0.294. The zero-order valence-corrected chi connectivity index (χ0v) is 10.8. The summed E-state index contributed by atoms with van der Waals surface area (Å²) in [6.07, 6.45) is 8.28. The first-order valence-corrected chi connectivity index (χ1v) is 6.42. The lowest BCUT2D eigenvalue weighted by molar-refractivity contribution is -0.0197. The monoisotopic (exact) mass is 220 g/mol. The van der Waals surface area contributed by atoms with Crippen LogP contribution >= 0.6 is 0 Å². The van der Waals surface area contributed by atoms with E-state index in [9.17, 15) is 5.11 Å². The summed E-state index contributed by atoms with van der Waals surface area (Å²) in [6.45, 7) is 11.2. The zero-order chi connectivity index (χ0) is 12.0. The quantitative estimate of drug-likeness (QED) is 0.617. The van der Waals surface area contributed by atoms with Crippen LogP contribution in [0.1, 0.15) is 46.5 Å². The van der Waals surface area contributed by atoms with Gasteiger partial charge in [0.15, 0.2) is 0 Å². The molecule has 0 radical (unpaired) electrons. The van der Waals surface area contributed by atoms with E-state index in [0.29, 0.717) is 11.3 Å². The van der Waals surface area contributed by atoms with Gasteiger partial charge in [0.05, 0.1) is 6.10 Å². The molecule has 0 saturated heterocycles. The number of allylic oxidation sites excluding steroid dienone is 2. The number of rotatable bonds is 0. The molecule has 0 aromatic heterocycles. The van der Waals surface area contributed by atoms with Crippen LogP contribution in [0.2, 0.25) is 0 Å². The van der Waals surface area contributed by atoms with E-state index in [1.165, 1.54) is 18.4 Å². The van der Waals surface area contributed by atoms with Crippen molar-refractivity contribution in [2.24, 2.45) is 16.7 Å². The second-order valence-electron chi connectivity index (χ2n) is 6.35. The molecule has 1 nitrogen and oxygen atoms in total. The average molecular weight is 220 g/mol. The molecule has 2 rings (SSSR count). The Morgan fingerprint density at radius 3 is 2.56 bits per heavy atom. The number of fused-ring (bicyclic) bond motifs is 1. The van der Waals surface area contributed by atoms with Crippen LogP contribution in [0.25, 0.3) is 0 Å². The molecule has 2 aliphatic carbocycles. The molecule has 0 bridgehead atoms. The second kappa shape index (κ2) is 3.73. The summed E-state index contributed by atoms with van der Waals surface area (Å²) in [5.74, 6) is 0.650. The molecule has 3 unspecified atom stereocenters. The molecule has 0 aliphatic heterocycles. The maximum atomic E-state index is 9.84. The number of aliphatic hydroxyl groups is 1. The fourth-order valence-corrected chi connectivity index (χ4v) is 3.29. The van der Waals surface area contributed by atoms with Gasteiger partial charge in [-0.25, -0.2) is 0 Å². The van der Waals surface area contributed by atoms with Gasteiger partial charge in [-0.05, 0) is 42.4 Å². The van der Waals surface area contributed by atoms with Gasteiger partial charge in [0.1, 0.15) is 0 Å². The standard InChI is InChI=1S/C15H24O/c1-11-5-6-12(16)7-9-14(2,3)15(4)10-8-13(11)15/h7,9,12-13,16H,1,5-6,8,10H2,2-4H3/b9-7-. The molecule has 0 heterocycles. The van der Waals surface area contributed by atoms with Crippen molar-refractivity contribution in [3.8, 4) is 0 Å². The van der Waals surface area contributed by atoms with Crippen molar-refractivity contribution in [3.05, 3.63) is 24.3 Å². The summed E-state index contributed by atoms with van der Waals surface area (Å²) in [5, 5.41) is 9.84. The lowest BCUT2D eigenvalue weighted by atomic mass is 9.48. The lowest BCUT2D eigenvalue weighted by Gasteiger charge is -2.56. The van der Waals surface area contributed by atoms with Crippen molar-refractivity contribution in [3.63, 3.8) is 0 Å². The van der Waals surface area contributed by atoms with Crippen LogP contribution in [-0.2, 0) is 0 Å². The van der Waals surface area contributed by atoms with E-state index < -0.39 is 0 Å². The highest BCUT2D eigenvalue weighted by molar-refractivity contribution is 5.21. The molecule has 0 aromatic carbocycles. The third kappa shape index (κ3) is 1.66. The lowest BCUT2D eigenvalue weighted by Crippen LogP contribution is -2.48. The van der Waals surface area contributed by atoms with Crippen molar-refractivity contribution in [2.75, 3.05) is 0 Å². The summed E-state index contributed by atoms with van der Waals surface area (Å²) in [6, 6.07) is 0. The zero-order valence-electron chi connectivity index (χ0n) is 10.8. The van der Waals surface area contributed by atoms with E-state index in [1.807, 2.05) is 6.08 Å². The van der Waals surface area contributed by atoms with E-state index in [4.69, 9.17) is 0 Å². The Balaban J connectivity index is 2.34. The fraction of sp³-hybridized carbons (Fsp3) is 0.733. The van der Waals surface area contributed by atoms with E-state index in [0.717, 1.165) is 12.8 Å². The Kier molecular flexibility index (Phi) is 2.78. The predicted octanol–water partition coefficient (Wildman–Crippen LogP) is 3.70. The van der Waals surface area contributed by atoms with Gasteiger partial charge in [0.25, 0.3) is 0 Å². The largest absolute Gasteiger partial charge is 0.389 e. The maximum absolute atomic E-state index is 9.84. The number of hydrogen-bond acceptors (Lipinski definition) is 1. The van der Waals surface area contributed by atoms with Gasteiger partial charge < -0.3 is 5.11 Å². The van der Waals surface area contributed by atoms with Crippen molar-refractivity contribution in [1.82, 2.24) is 0 Å². The van der Waals surface area contributed by atoms with Gasteiger partial charge in [-0.3, -0.25) is 0 Å². The molecule has 1 fully saturated rings. The van der Waals surface area contributed by atoms with Crippen LogP contribution in [0, 0.1) is 16.7 Å². The summed E-state index contributed by atoms with van der Waals surface area (Å²) in [5.41, 5.74) is 1.85. The minimum Gasteiger partial charge on any atom is -0.389 e. The van der Waals surface area contributed by atoms with Crippen molar-refractivity contribution >= 4 is 0 Å². The fourth-order valence-electron chi connectivity index (χ4n) is 3.29. The van der Waals surface area contributed by atoms with E-state index in [2.05, 4.69) is 33.4 Å². The number of aliphatic hydroxyl groups excluding tert-OH is 1. The van der Waals surface area contributed by atoms with Crippen molar-refractivity contribution in [2.45, 2.75) is 52.6 Å². The molecule has 1 heteroatoms. The molecule has 3 atom stereocenters. The normalized spacial score (nSPS) is 44.6. The highest BCUT2D eigenvalue weighted by Crippen LogP contribution is 2.61. The van der Waals surface area contributed by atoms with E-state index >= 15 is 0 Å². The molecular weight excluding hydrogens is 196 g/mol. The molecule has 0 spiro atoms. The summed E-state index contributed by atoms with van der Waals surface area (Å²) >= 11 is 0. The van der Waals surface area contributed by atoms with E-state index in [1.54, 1.807) is 0 Å². The third-order valence-corrected chi connectivity index (χ3v) is 5.18. The van der Waals surface area contributed by atoms with Crippen molar-refractivity contribution < 1.29 is 5.11 Å². The SMILES string of the molecule is C=C1CCC(O)/C=C\C(C)(C)C2(C)CCC12. The summed E-state index contributed by atoms with van der Waals surface area (Å²) in [7, 11) is 0. The first-order chi connectivity index (χ1) is 7.37. The molecule has 0 aromatic rings. The molecular formula is C15H24O. The highest BCUT2D eigenvalue weighted by Gasteiger charge is 2.52. The average Bonchev–Trinajstić information content (AvgIpc) is 2.21. The first kappa shape index (κ1) is 11.9. The topological polar surface area (TPSA) is 20.2 Å². The van der Waals surface area contributed by atoms with Gasteiger partial charge in [-0.2, -0.15) is 0 Å². The minimum absolute atomic E-state index is 0.157. The van der Waals surface area contributed by atoms with E-state index in [-0.39, 0.29) is 11.5 Å². The molecule has 1 saturated carbocycles.